The van der Waals surface area contributed by atoms with E-state index in [1.54, 1.807) is 7.11 Å². The molecule has 2 N–H and O–H groups in total. The molecule has 0 amide bonds. The Balaban J connectivity index is 2.65. The lowest BCUT2D eigenvalue weighted by Gasteiger charge is -2.13. The monoisotopic (exact) mass is 246 g/mol. The van der Waals surface area contributed by atoms with E-state index in [9.17, 15) is 0 Å². The highest BCUT2D eigenvalue weighted by atomic mass is 16.5. The summed E-state index contributed by atoms with van der Waals surface area (Å²) in [5.41, 5.74) is 8.43. The van der Waals surface area contributed by atoms with E-state index in [0.717, 1.165) is 22.7 Å². The molecule has 1 aromatic heterocycles. The molecule has 2 rings (SSSR count). The second-order valence-corrected chi connectivity index (χ2v) is 4.33. The van der Waals surface area contributed by atoms with Gasteiger partial charge in [-0.05, 0) is 26.0 Å². The third kappa shape index (κ3) is 2.09. The van der Waals surface area contributed by atoms with Crippen LogP contribution in [0.4, 0.5) is 0 Å². The molecule has 0 fully saturated rings. The van der Waals surface area contributed by atoms with Gasteiger partial charge in [0.2, 0.25) is 0 Å². The summed E-state index contributed by atoms with van der Waals surface area (Å²) in [5, 5.41) is 8.31. The summed E-state index contributed by atoms with van der Waals surface area (Å²) < 4.78 is 7.27. The van der Waals surface area contributed by atoms with Crippen LogP contribution in [0.15, 0.2) is 24.3 Å². The van der Waals surface area contributed by atoms with Gasteiger partial charge in [-0.2, -0.15) is 0 Å². The number of nitrogens with two attached hydrogens (primary N) is 1. The maximum atomic E-state index is 5.74. The number of para-hydroxylation sites is 1. The quantitative estimate of drug-likeness (QED) is 0.896. The van der Waals surface area contributed by atoms with Gasteiger partial charge in [0.1, 0.15) is 11.4 Å². The van der Waals surface area contributed by atoms with Crippen LogP contribution >= 0.6 is 0 Å². The van der Waals surface area contributed by atoms with Gasteiger partial charge in [-0.25, -0.2) is 4.68 Å². The normalized spacial score (nSPS) is 10.9. The number of benzene rings is 1. The summed E-state index contributed by atoms with van der Waals surface area (Å²) in [7, 11) is 1.66. The van der Waals surface area contributed by atoms with Crippen molar-refractivity contribution in [3.05, 3.63) is 30.0 Å². The molecular formula is C13H18N4O. The van der Waals surface area contributed by atoms with Crippen LogP contribution in [-0.4, -0.2) is 22.1 Å². The first-order chi connectivity index (χ1) is 8.69. The molecule has 0 unspecified atom stereocenters. The molecule has 2 aromatic rings. The smallest absolute Gasteiger partial charge is 0.128 e. The highest BCUT2D eigenvalue weighted by Gasteiger charge is 2.18. The number of hydrogen-bond donors (Lipinski definition) is 1. The molecule has 0 atom stereocenters. The van der Waals surface area contributed by atoms with Crippen LogP contribution in [-0.2, 0) is 6.54 Å². The van der Waals surface area contributed by atoms with Crippen molar-refractivity contribution in [1.29, 1.82) is 0 Å². The first kappa shape index (κ1) is 12.6. The Hall–Kier alpha value is -1.88. The van der Waals surface area contributed by atoms with Gasteiger partial charge < -0.3 is 10.5 Å². The number of nitrogens with zero attached hydrogens (tertiary/aromatic N) is 3. The van der Waals surface area contributed by atoms with Crippen molar-refractivity contribution in [2.75, 3.05) is 7.11 Å². The minimum atomic E-state index is 0.220. The van der Waals surface area contributed by atoms with Gasteiger partial charge in [0.05, 0.1) is 12.8 Å². The van der Waals surface area contributed by atoms with Crippen molar-refractivity contribution in [3.63, 3.8) is 0 Å². The Morgan fingerprint density at radius 1 is 1.33 bits per heavy atom. The first-order valence-corrected chi connectivity index (χ1v) is 5.96. The zero-order valence-electron chi connectivity index (χ0n) is 10.9. The van der Waals surface area contributed by atoms with Crippen LogP contribution in [0.1, 0.15) is 25.6 Å². The van der Waals surface area contributed by atoms with E-state index in [2.05, 4.69) is 24.2 Å². The topological polar surface area (TPSA) is 66.0 Å². The van der Waals surface area contributed by atoms with E-state index >= 15 is 0 Å². The molecule has 0 aliphatic carbocycles. The molecule has 5 heteroatoms. The lowest BCUT2D eigenvalue weighted by atomic mass is 10.1. The Labute approximate surface area is 107 Å². The minimum absolute atomic E-state index is 0.220. The van der Waals surface area contributed by atoms with Gasteiger partial charge >= 0.3 is 0 Å². The largest absolute Gasteiger partial charge is 0.496 e. The summed E-state index contributed by atoms with van der Waals surface area (Å²) in [6, 6.07) is 8.05. The van der Waals surface area contributed by atoms with E-state index in [1.807, 2.05) is 28.9 Å². The summed E-state index contributed by atoms with van der Waals surface area (Å²) in [6.07, 6.45) is 0. The second-order valence-electron chi connectivity index (χ2n) is 4.33. The lowest BCUT2D eigenvalue weighted by molar-refractivity contribution is 0.415. The number of methoxy groups -OCH3 is 1. The molecule has 18 heavy (non-hydrogen) atoms. The molecule has 0 spiro atoms. The Morgan fingerprint density at radius 3 is 2.67 bits per heavy atom. The third-order valence-electron chi connectivity index (χ3n) is 2.81. The minimum Gasteiger partial charge on any atom is -0.496 e. The molecule has 0 bridgehead atoms. The lowest BCUT2D eigenvalue weighted by Crippen LogP contribution is -2.07. The van der Waals surface area contributed by atoms with Gasteiger partial charge in [-0.3, -0.25) is 0 Å². The zero-order valence-corrected chi connectivity index (χ0v) is 10.9. The average Bonchev–Trinajstić information content (AvgIpc) is 2.82. The molecular weight excluding hydrogens is 228 g/mol. The standard InChI is InChI=1S/C13H18N4O/c1-9(2)17-13(11(8-14)15-16-17)10-6-4-5-7-12(10)18-3/h4-7,9H,8,14H2,1-3H3. The van der Waals surface area contributed by atoms with Crippen LogP contribution < -0.4 is 10.5 Å². The number of aromatic nitrogens is 3. The van der Waals surface area contributed by atoms with Crippen molar-refractivity contribution in [3.8, 4) is 17.0 Å². The van der Waals surface area contributed by atoms with Gasteiger partial charge in [-0.15, -0.1) is 5.10 Å². The highest BCUT2D eigenvalue weighted by Crippen LogP contribution is 2.32. The van der Waals surface area contributed by atoms with Crippen LogP contribution in [0.25, 0.3) is 11.3 Å². The maximum absolute atomic E-state index is 5.74. The summed E-state index contributed by atoms with van der Waals surface area (Å²) in [6.45, 7) is 4.49. The highest BCUT2D eigenvalue weighted by molar-refractivity contribution is 5.69. The third-order valence-corrected chi connectivity index (χ3v) is 2.81. The van der Waals surface area contributed by atoms with Gasteiger partial charge in [0.15, 0.2) is 0 Å². The van der Waals surface area contributed by atoms with E-state index in [0.29, 0.717) is 6.54 Å². The summed E-state index contributed by atoms with van der Waals surface area (Å²) in [4.78, 5) is 0. The predicted molar refractivity (Wildman–Crippen MR) is 70.3 cm³/mol. The fourth-order valence-corrected chi connectivity index (χ4v) is 1.94. The van der Waals surface area contributed by atoms with Crippen molar-refractivity contribution >= 4 is 0 Å². The first-order valence-electron chi connectivity index (χ1n) is 5.96. The molecule has 0 saturated heterocycles. The van der Waals surface area contributed by atoms with E-state index in [-0.39, 0.29) is 6.04 Å². The van der Waals surface area contributed by atoms with Crippen LogP contribution in [0, 0.1) is 0 Å². The van der Waals surface area contributed by atoms with Crippen molar-refractivity contribution in [2.24, 2.45) is 5.73 Å². The zero-order chi connectivity index (χ0) is 13.1. The van der Waals surface area contributed by atoms with Crippen molar-refractivity contribution in [2.45, 2.75) is 26.4 Å². The van der Waals surface area contributed by atoms with E-state index in [4.69, 9.17) is 10.5 Å². The average molecular weight is 246 g/mol. The molecule has 0 aliphatic heterocycles. The SMILES string of the molecule is COc1ccccc1-c1c(CN)nnn1C(C)C. The van der Waals surface area contributed by atoms with Crippen molar-refractivity contribution in [1.82, 2.24) is 15.0 Å². The number of hydrogen-bond acceptors (Lipinski definition) is 4. The maximum Gasteiger partial charge on any atom is 0.128 e. The predicted octanol–water partition coefficient (Wildman–Crippen LogP) is 1.99. The van der Waals surface area contributed by atoms with Gasteiger partial charge in [0.25, 0.3) is 0 Å². The Morgan fingerprint density at radius 2 is 2.06 bits per heavy atom. The Kier molecular flexibility index (Phi) is 3.62. The summed E-state index contributed by atoms with van der Waals surface area (Å²) >= 11 is 0. The van der Waals surface area contributed by atoms with Crippen LogP contribution in [0.5, 0.6) is 5.75 Å². The molecule has 1 heterocycles. The van der Waals surface area contributed by atoms with Crippen LogP contribution in [0.3, 0.4) is 0 Å². The number of rotatable bonds is 4. The molecule has 1 aromatic carbocycles. The molecule has 0 radical (unpaired) electrons. The molecule has 0 saturated carbocycles. The van der Waals surface area contributed by atoms with Gasteiger partial charge in [0, 0.05) is 18.2 Å². The summed E-state index contributed by atoms with van der Waals surface area (Å²) in [5.74, 6) is 0.802. The molecule has 5 nitrogen and oxygen atoms in total. The molecule has 96 valence electrons. The van der Waals surface area contributed by atoms with Gasteiger partial charge in [-0.1, -0.05) is 17.3 Å². The molecule has 0 aliphatic rings. The van der Waals surface area contributed by atoms with Crippen LogP contribution in [0.2, 0.25) is 0 Å². The Bertz CT molecular complexity index is 534. The number of ether oxygens (including phenoxy) is 1. The van der Waals surface area contributed by atoms with Crippen molar-refractivity contribution < 1.29 is 4.74 Å². The fraction of sp³-hybridized carbons (Fsp3) is 0.385. The van der Waals surface area contributed by atoms with E-state index in [1.165, 1.54) is 0 Å². The fourth-order valence-electron chi connectivity index (χ4n) is 1.94. The van der Waals surface area contributed by atoms with E-state index < -0.39 is 0 Å². The second kappa shape index (κ2) is 5.18.